The molecule has 0 aliphatic carbocycles. The van der Waals surface area contributed by atoms with Crippen LogP contribution in [0.25, 0.3) is 0 Å². The number of halogens is 1. The van der Waals surface area contributed by atoms with Gasteiger partial charge >= 0.3 is 0 Å². The minimum atomic E-state index is 0. The molecule has 0 radical (unpaired) electrons. The molecule has 2 N–H and O–H groups in total. The Balaban J connectivity index is 0.00000625. The van der Waals surface area contributed by atoms with E-state index in [2.05, 4.69) is 43.2 Å². The number of nitrogens with one attached hydrogen (secondary N) is 2. The van der Waals surface area contributed by atoms with Crippen LogP contribution >= 0.6 is 24.0 Å². The molecule has 1 atom stereocenters. The molecule has 0 spiro atoms. The highest BCUT2D eigenvalue weighted by molar-refractivity contribution is 14.0. The largest absolute Gasteiger partial charge is 0.380 e. The first-order valence-electron chi connectivity index (χ1n) is 10.1. The minimum Gasteiger partial charge on any atom is -0.380 e. The Morgan fingerprint density at radius 1 is 1.15 bits per heavy atom. The maximum absolute atomic E-state index is 5.61. The number of rotatable bonds is 12. The quantitative estimate of drug-likeness (QED) is 0.193. The summed E-state index contributed by atoms with van der Waals surface area (Å²) in [5.41, 5.74) is 0. The van der Waals surface area contributed by atoms with E-state index in [-0.39, 0.29) is 24.0 Å². The van der Waals surface area contributed by atoms with E-state index >= 15 is 0 Å². The molecule has 1 fully saturated rings. The number of aliphatic imine (C=N–C) groups is 1. The third-order valence-electron chi connectivity index (χ3n) is 4.29. The van der Waals surface area contributed by atoms with Crippen molar-refractivity contribution in [3.8, 4) is 0 Å². The maximum Gasteiger partial charge on any atom is 0.191 e. The van der Waals surface area contributed by atoms with Crippen LogP contribution < -0.4 is 10.6 Å². The lowest BCUT2D eigenvalue weighted by Gasteiger charge is -2.34. The summed E-state index contributed by atoms with van der Waals surface area (Å²) in [6.45, 7) is 16.6. The average Bonchev–Trinajstić information content (AvgIpc) is 2.61. The third kappa shape index (κ3) is 12.3. The Kier molecular flexibility index (Phi) is 16.9. The van der Waals surface area contributed by atoms with Gasteiger partial charge in [0, 0.05) is 38.8 Å². The van der Waals surface area contributed by atoms with Gasteiger partial charge in [0.15, 0.2) is 5.96 Å². The zero-order valence-electron chi connectivity index (χ0n) is 17.3. The van der Waals surface area contributed by atoms with E-state index < -0.39 is 0 Å². The van der Waals surface area contributed by atoms with Crippen molar-refractivity contribution in [2.24, 2.45) is 10.9 Å². The molecule has 1 unspecified atom stereocenters. The molecule has 0 aromatic heterocycles. The summed E-state index contributed by atoms with van der Waals surface area (Å²) in [6.07, 6.45) is 3.48. The van der Waals surface area contributed by atoms with E-state index in [0.717, 1.165) is 71.5 Å². The van der Waals surface area contributed by atoms with E-state index in [0.29, 0.717) is 12.0 Å². The Morgan fingerprint density at radius 3 is 2.50 bits per heavy atom. The van der Waals surface area contributed by atoms with E-state index in [9.17, 15) is 0 Å². The summed E-state index contributed by atoms with van der Waals surface area (Å²) in [5.74, 6) is 1.56. The van der Waals surface area contributed by atoms with Gasteiger partial charge in [-0.25, -0.2) is 0 Å². The highest BCUT2D eigenvalue weighted by atomic mass is 127. The molecule has 6 nitrogen and oxygen atoms in total. The number of guanidine groups is 1. The summed E-state index contributed by atoms with van der Waals surface area (Å²) in [5, 5.41) is 6.72. The van der Waals surface area contributed by atoms with Crippen molar-refractivity contribution < 1.29 is 9.47 Å². The van der Waals surface area contributed by atoms with Gasteiger partial charge in [-0.3, -0.25) is 9.89 Å². The van der Waals surface area contributed by atoms with Gasteiger partial charge in [0.05, 0.1) is 26.4 Å². The topological polar surface area (TPSA) is 58.1 Å². The van der Waals surface area contributed by atoms with Crippen molar-refractivity contribution in [1.82, 2.24) is 15.5 Å². The van der Waals surface area contributed by atoms with E-state index in [1.165, 1.54) is 12.8 Å². The Morgan fingerprint density at radius 2 is 1.88 bits per heavy atom. The molecule has 0 amide bonds. The van der Waals surface area contributed by atoms with Gasteiger partial charge in [-0.15, -0.1) is 24.0 Å². The Bertz CT molecular complexity index is 350. The van der Waals surface area contributed by atoms with Crippen LogP contribution in [0.1, 0.15) is 47.0 Å². The summed E-state index contributed by atoms with van der Waals surface area (Å²) in [4.78, 5) is 7.36. The molecule has 7 heteroatoms. The summed E-state index contributed by atoms with van der Waals surface area (Å²) in [7, 11) is 0. The number of nitrogens with zero attached hydrogens (tertiary/aromatic N) is 2. The van der Waals surface area contributed by atoms with Gasteiger partial charge in [0.2, 0.25) is 0 Å². The van der Waals surface area contributed by atoms with Crippen LogP contribution in [0.4, 0.5) is 0 Å². The monoisotopic (exact) mass is 484 g/mol. The van der Waals surface area contributed by atoms with Crippen LogP contribution in [0.15, 0.2) is 4.99 Å². The Hall–Kier alpha value is -0.120. The number of unbranched alkanes of at least 4 members (excludes halogenated alkanes) is 1. The van der Waals surface area contributed by atoms with Crippen molar-refractivity contribution in [1.29, 1.82) is 0 Å². The fourth-order valence-electron chi connectivity index (χ4n) is 2.95. The standard InChI is InChI=1S/C19H40N4O2.HI/c1-5-7-11-24-12-8-21-19(20-6-2)22-16-18(15-17(3)4)23-9-13-25-14-10-23;/h17-18H,5-16H2,1-4H3,(H2,20,21,22);1H. The normalized spacial score (nSPS) is 17.0. The summed E-state index contributed by atoms with van der Waals surface area (Å²) in [6, 6.07) is 0.486. The number of hydrogen-bond acceptors (Lipinski definition) is 4. The second-order valence-corrected chi connectivity index (χ2v) is 7.04. The molecular formula is C19H41IN4O2. The maximum atomic E-state index is 5.61. The molecule has 0 saturated carbocycles. The molecule has 1 aliphatic rings. The van der Waals surface area contributed by atoms with Crippen LogP contribution in [0.2, 0.25) is 0 Å². The van der Waals surface area contributed by atoms with Gasteiger partial charge in [-0.05, 0) is 25.7 Å². The van der Waals surface area contributed by atoms with Gasteiger partial charge in [-0.2, -0.15) is 0 Å². The predicted octanol–water partition coefficient (Wildman–Crippen LogP) is 2.72. The van der Waals surface area contributed by atoms with Crippen LogP contribution in [-0.2, 0) is 9.47 Å². The number of ether oxygens (including phenoxy) is 2. The predicted molar refractivity (Wildman–Crippen MR) is 121 cm³/mol. The van der Waals surface area contributed by atoms with Gasteiger partial charge in [0.1, 0.15) is 0 Å². The number of morpholine rings is 1. The molecule has 0 bridgehead atoms. The lowest BCUT2D eigenvalue weighted by molar-refractivity contribution is 0.0143. The number of hydrogen-bond donors (Lipinski definition) is 2. The zero-order valence-corrected chi connectivity index (χ0v) is 19.6. The molecule has 1 aliphatic heterocycles. The fraction of sp³-hybridized carbons (Fsp3) is 0.947. The van der Waals surface area contributed by atoms with Crippen LogP contribution in [0, 0.1) is 5.92 Å². The van der Waals surface area contributed by atoms with Gasteiger partial charge in [0.25, 0.3) is 0 Å². The van der Waals surface area contributed by atoms with Crippen molar-refractivity contribution in [3.05, 3.63) is 0 Å². The van der Waals surface area contributed by atoms with E-state index in [4.69, 9.17) is 14.5 Å². The lowest BCUT2D eigenvalue weighted by atomic mass is 10.0. The van der Waals surface area contributed by atoms with E-state index in [1.54, 1.807) is 0 Å². The van der Waals surface area contributed by atoms with Crippen LogP contribution in [-0.4, -0.2) is 76.1 Å². The molecule has 26 heavy (non-hydrogen) atoms. The second kappa shape index (κ2) is 17.0. The lowest BCUT2D eigenvalue weighted by Crippen LogP contribution is -2.46. The van der Waals surface area contributed by atoms with Crippen molar-refractivity contribution in [2.75, 3.05) is 59.2 Å². The van der Waals surface area contributed by atoms with Crippen molar-refractivity contribution in [3.63, 3.8) is 0 Å². The molecule has 156 valence electrons. The third-order valence-corrected chi connectivity index (χ3v) is 4.29. The second-order valence-electron chi connectivity index (χ2n) is 7.04. The highest BCUT2D eigenvalue weighted by Crippen LogP contribution is 2.14. The Labute approximate surface area is 177 Å². The molecule has 1 saturated heterocycles. The van der Waals surface area contributed by atoms with Gasteiger partial charge < -0.3 is 20.1 Å². The summed E-state index contributed by atoms with van der Waals surface area (Å²) < 4.78 is 11.1. The molecule has 1 heterocycles. The van der Waals surface area contributed by atoms with Crippen molar-refractivity contribution >= 4 is 29.9 Å². The zero-order chi connectivity index (χ0) is 18.3. The highest BCUT2D eigenvalue weighted by Gasteiger charge is 2.21. The summed E-state index contributed by atoms with van der Waals surface area (Å²) >= 11 is 0. The molecule has 0 aromatic rings. The first-order valence-corrected chi connectivity index (χ1v) is 10.1. The average molecular weight is 484 g/mol. The molecule has 0 aromatic carbocycles. The first-order chi connectivity index (χ1) is 12.2. The fourth-order valence-corrected chi connectivity index (χ4v) is 2.95. The minimum absolute atomic E-state index is 0. The van der Waals surface area contributed by atoms with Crippen molar-refractivity contribution in [2.45, 2.75) is 53.0 Å². The van der Waals surface area contributed by atoms with Gasteiger partial charge in [-0.1, -0.05) is 27.2 Å². The SMILES string of the molecule is CCCCOCCNC(=NCC(CC(C)C)N1CCOCC1)NCC.I. The van der Waals surface area contributed by atoms with E-state index in [1.807, 2.05) is 0 Å². The van der Waals surface area contributed by atoms with Crippen LogP contribution in [0.3, 0.4) is 0 Å². The van der Waals surface area contributed by atoms with Crippen LogP contribution in [0.5, 0.6) is 0 Å². The molecule has 1 rings (SSSR count). The molecular weight excluding hydrogens is 443 g/mol. The smallest absolute Gasteiger partial charge is 0.191 e. The first kappa shape index (κ1) is 25.9.